The van der Waals surface area contributed by atoms with Gasteiger partial charge in [0, 0.05) is 26.7 Å². The molecule has 7 heteroatoms. The average molecular weight is 615 g/mol. The van der Waals surface area contributed by atoms with Gasteiger partial charge in [-0.1, -0.05) is 116 Å². The van der Waals surface area contributed by atoms with Crippen molar-refractivity contribution < 1.29 is 13.3 Å². The first kappa shape index (κ1) is 32.4. The van der Waals surface area contributed by atoms with Crippen LogP contribution >= 0.6 is 22.1 Å². The lowest BCUT2D eigenvalue weighted by atomic mass is 10.1. The number of thioether (sulfide) groups is 1. The van der Waals surface area contributed by atoms with Gasteiger partial charge < -0.3 is 13.3 Å². The van der Waals surface area contributed by atoms with E-state index in [9.17, 15) is 0 Å². The molecule has 1 unspecified atom stereocenters. The van der Waals surface area contributed by atoms with E-state index in [1.807, 2.05) is 55.5 Å². The molecule has 0 spiro atoms. The van der Waals surface area contributed by atoms with Gasteiger partial charge in [-0.05, 0) is 48.9 Å². The molecular weight excluding hydrogens is 573 g/mol. The summed E-state index contributed by atoms with van der Waals surface area (Å²) in [4.78, 5) is 1.27. The topological polar surface area (TPSA) is 57.4 Å². The zero-order valence-corrected chi connectivity index (χ0v) is 27.2. The first-order valence-corrected chi connectivity index (χ1v) is 17.4. The van der Waals surface area contributed by atoms with Crippen molar-refractivity contribution in [2.24, 2.45) is 0 Å². The third-order valence-corrected chi connectivity index (χ3v) is 11.8. The number of hydrogen-bond acceptors (Lipinski definition) is 6. The van der Waals surface area contributed by atoms with Crippen molar-refractivity contribution in [2.75, 3.05) is 24.7 Å². The lowest BCUT2D eigenvalue weighted by Gasteiger charge is -2.49. The number of para-hydroxylation sites is 1. The van der Waals surface area contributed by atoms with Gasteiger partial charge in [0.05, 0.1) is 19.0 Å². The Bertz CT molecular complexity index is 1460. The molecule has 5 nitrogen and oxygen atoms in total. The Kier molecular flexibility index (Phi) is 12.3. The Morgan fingerprint density at radius 2 is 1.58 bits per heavy atom. The first-order valence-electron chi connectivity index (χ1n) is 14.5. The Balaban J connectivity index is 1.32. The number of allylic oxidation sites excluding steroid dienone is 3. The summed E-state index contributed by atoms with van der Waals surface area (Å²) >= 11 is 1.71. The first-order chi connectivity index (χ1) is 20.9. The zero-order chi connectivity index (χ0) is 30.4. The minimum atomic E-state index is -1.60. The van der Waals surface area contributed by atoms with E-state index in [2.05, 4.69) is 104 Å². The molecule has 0 aliphatic rings. The number of ether oxygens (including phenoxy) is 1. The van der Waals surface area contributed by atoms with E-state index in [0.717, 1.165) is 28.4 Å². The van der Waals surface area contributed by atoms with Crippen LogP contribution in [0.2, 0.25) is 0 Å². The maximum atomic E-state index is 6.83. The molecule has 1 heterocycles. The predicted molar refractivity (Wildman–Crippen MR) is 184 cm³/mol. The summed E-state index contributed by atoms with van der Waals surface area (Å²) < 4.78 is 18.4. The molecule has 0 saturated heterocycles. The van der Waals surface area contributed by atoms with Crippen LogP contribution in [-0.2, 0) is 9.94 Å². The van der Waals surface area contributed by atoms with Gasteiger partial charge in [-0.2, -0.15) is 0 Å². The molecule has 0 radical (unpaired) electrons. The summed E-state index contributed by atoms with van der Waals surface area (Å²) in [6.07, 6.45) is 12.7. The number of rotatable bonds is 15. The molecule has 0 saturated carbocycles. The standard InChI is InChI=1S/C36H42N2O3S2/c1-5-6-7-14-28-43(36(2,3)4,33-19-12-9-13-20-33)40-25-15-16-30-21-23-31(24-22-30)35-38-37-34(41-35)29-42-27-26-39-32-17-10-8-11-18-32/h5-24H,25-29H2,1-4H3/b6-5-,14-7-,16-15+. The van der Waals surface area contributed by atoms with Crippen LogP contribution in [0.5, 0.6) is 5.75 Å². The van der Waals surface area contributed by atoms with Gasteiger partial charge in [-0.3, -0.25) is 0 Å². The molecule has 0 bridgehead atoms. The highest BCUT2D eigenvalue weighted by molar-refractivity contribution is 8.31. The van der Waals surface area contributed by atoms with Crippen LogP contribution in [0.4, 0.5) is 0 Å². The fraction of sp³-hybridized carbons (Fsp3) is 0.278. The molecule has 0 aliphatic heterocycles. The van der Waals surface area contributed by atoms with E-state index in [1.165, 1.54) is 4.90 Å². The van der Waals surface area contributed by atoms with Crippen molar-refractivity contribution in [1.29, 1.82) is 0 Å². The van der Waals surface area contributed by atoms with Gasteiger partial charge in [-0.25, -0.2) is 0 Å². The monoisotopic (exact) mass is 614 g/mol. The van der Waals surface area contributed by atoms with E-state index >= 15 is 0 Å². The zero-order valence-electron chi connectivity index (χ0n) is 25.5. The summed E-state index contributed by atoms with van der Waals surface area (Å²) in [6.45, 7) is 10.0. The maximum Gasteiger partial charge on any atom is 0.247 e. The Morgan fingerprint density at radius 3 is 2.28 bits per heavy atom. The lowest BCUT2D eigenvalue weighted by Crippen LogP contribution is -2.29. The van der Waals surface area contributed by atoms with E-state index in [-0.39, 0.29) is 4.75 Å². The van der Waals surface area contributed by atoms with Gasteiger partial charge in [0.1, 0.15) is 5.75 Å². The Labute approximate surface area is 262 Å². The van der Waals surface area contributed by atoms with Gasteiger partial charge in [-0.15, -0.1) is 22.0 Å². The Hall–Kier alpha value is -3.52. The summed E-state index contributed by atoms with van der Waals surface area (Å²) in [5.41, 5.74) is 1.99. The fourth-order valence-electron chi connectivity index (χ4n) is 4.41. The SMILES string of the molecule is C/C=C\C=C/CS(OC/C=C/c1ccc(-c2nnc(CSCCOc3ccccc3)o2)cc1)(c1ccccc1)C(C)(C)C. The molecule has 4 aromatic rings. The maximum absolute atomic E-state index is 6.83. The smallest absolute Gasteiger partial charge is 0.247 e. The van der Waals surface area contributed by atoms with Crippen molar-refractivity contribution in [2.45, 2.75) is 43.1 Å². The highest BCUT2D eigenvalue weighted by atomic mass is 32.3. The average Bonchev–Trinajstić information content (AvgIpc) is 3.50. The van der Waals surface area contributed by atoms with Crippen LogP contribution in [0.1, 0.15) is 39.1 Å². The van der Waals surface area contributed by atoms with E-state index in [1.54, 1.807) is 11.8 Å². The summed E-state index contributed by atoms with van der Waals surface area (Å²) in [5.74, 6) is 4.38. The number of benzene rings is 3. The van der Waals surface area contributed by atoms with Crippen LogP contribution in [-0.4, -0.2) is 39.7 Å². The van der Waals surface area contributed by atoms with E-state index < -0.39 is 10.3 Å². The normalized spacial score (nSPS) is 14.4. The summed E-state index contributed by atoms with van der Waals surface area (Å²) in [7, 11) is -1.60. The second kappa shape index (κ2) is 16.4. The molecular formula is C36H42N2O3S2. The van der Waals surface area contributed by atoms with Gasteiger partial charge in [0.25, 0.3) is 0 Å². The highest BCUT2D eigenvalue weighted by Gasteiger charge is 2.38. The van der Waals surface area contributed by atoms with Crippen LogP contribution in [0, 0.1) is 0 Å². The van der Waals surface area contributed by atoms with Crippen LogP contribution in [0.25, 0.3) is 17.5 Å². The Morgan fingerprint density at radius 1 is 0.860 bits per heavy atom. The van der Waals surface area contributed by atoms with Gasteiger partial charge in [0.2, 0.25) is 11.8 Å². The molecule has 4 rings (SSSR count). The molecule has 1 aromatic heterocycles. The van der Waals surface area contributed by atoms with Crippen molar-refractivity contribution in [3.63, 3.8) is 0 Å². The van der Waals surface area contributed by atoms with E-state index in [4.69, 9.17) is 13.3 Å². The summed E-state index contributed by atoms with van der Waals surface area (Å²) in [5, 5.41) is 8.46. The molecule has 3 aromatic carbocycles. The second-order valence-electron chi connectivity index (χ2n) is 10.7. The van der Waals surface area contributed by atoms with Crippen LogP contribution < -0.4 is 4.74 Å². The molecule has 226 valence electrons. The van der Waals surface area contributed by atoms with Crippen molar-refractivity contribution in [1.82, 2.24) is 10.2 Å². The molecule has 43 heavy (non-hydrogen) atoms. The molecule has 0 N–H and O–H groups in total. The predicted octanol–water partition coefficient (Wildman–Crippen LogP) is 9.79. The molecule has 1 atom stereocenters. The largest absolute Gasteiger partial charge is 0.493 e. The number of hydrogen-bond donors (Lipinski definition) is 0. The summed E-state index contributed by atoms with van der Waals surface area (Å²) in [6, 6.07) is 28.7. The van der Waals surface area contributed by atoms with Gasteiger partial charge >= 0.3 is 0 Å². The quantitative estimate of drug-likeness (QED) is 0.0981. The van der Waals surface area contributed by atoms with E-state index in [0.29, 0.717) is 30.7 Å². The highest BCUT2D eigenvalue weighted by Crippen LogP contribution is 2.66. The third-order valence-electron chi connectivity index (χ3n) is 6.65. The van der Waals surface area contributed by atoms with Gasteiger partial charge in [0.15, 0.2) is 0 Å². The fourth-order valence-corrected chi connectivity index (χ4v) is 8.33. The molecule has 0 aliphatic carbocycles. The van der Waals surface area contributed by atoms with Crippen LogP contribution in [0.15, 0.2) is 125 Å². The molecule has 0 amide bonds. The van der Waals surface area contributed by atoms with Crippen molar-refractivity contribution in [3.05, 3.63) is 127 Å². The number of nitrogens with zero attached hydrogens (tertiary/aromatic N) is 2. The second-order valence-corrected chi connectivity index (χ2v) is 15.5. The minimum absolute atomic E-state index is 0.0402. The lowest BCUT2D eigenvalue weighted by molar-refractivity contribution is 0.344. The van der Waals surface area contributed by atoms with Crippen LogP contribution in [0.3, 0.4) is 0 Å². The third kappa shape index (κ3) is 9.48. The number of aromatic nitrogens is 2. The minimum Gasteiger partial charge on any atom is -0.493 e. The molecule has 0 fully saturated rings. The van der Waals surface area contributed by atoms with Crippen molar-refractivity contribution in [3.8, 4) is 17.2 Å². The van der Waals surface area contributed by atoms with Crippen molar-refractivity contribution >= 4 is 28.1 Å².